The normalized spacial score (nSPS) is 11.0. The molecule has 5 heteroatoms. The van der Waals surface area contributed by atoms with E-state index in [0.29, 0.717) is 24.0 Å². The van der Waals surface area contributed by atoms with Crippen LogP contribution < -0.4 is 0 Å². The van der Waals surface area contributed by atoms with Gasteiger partial charge in [-0.2, -0.15) is 10.1 Å². The molecule has 0 bridgehead atoms. The number of aromatic nitrogens is 4. The molecule has 0 aliphatic rings. The van der Waals surface area contributed by atoms with Crippen LogP contribution in [0.1, 0.15) is 22.4 Å². The summed E-state index contributed by atoms with van der Waals surface area (Å²) in [4.78, 5) is 4.50. The van der Waals surface area contributed by atoms with Crippen LogP contribution in [0.3, 0.4) is 0 Å². The van der Waals surface area contributed by atoms with E-state index in [-0.39, 0.29) is 0 Å². The fraction of sp³-hybridized carbons (Fsp3) is 0.190. The fourth-order valence-corrected chi connectivity index (χ4v) is 2.79. The predicted octanol–water partition coefficient (Wildman–Crippen LogP) is 4.57. The van der Waals surface area contributed by atoms with Crippen LogP contribution in [0.15, 0.2) is 59.1 Å². The Bertz CT molecular complexity index is 1030. The van der Waals surface area contributed by atoms with Gasteiger partial charge in [0, 0.05) is 11.3 Å². The molecule has 0 saturated heterocycles. The third kappa shape index (κ3) is 3.28. The van der Waals surface area contributed by atoms with Gasteiger partial charge < -0.3 is 4.52 Å². The molecule has 0 amide bonds. The van der Waals surface area contributed by atoms with Crippen molar-refractivity contribution in [2.24, 2.45) is 0 Å². The second-order valence-electron chi connectivity index (χ2n) is 6.60. The molecule has 2 aromatic heterocycles. The van der Waals surface area contributed by atoms with Crippen LogP contribution in [0.5, 0.6) is 0 Å². The lowest BCUT2D eigenvalue weighted by Gasteiger charge is -2.04. The highest BCUT2D eigenvalue weighted by atomic mass is 16.5. The Kier molecular flexibility index (Phi) is 4.13. The highest BCUT2D eigenvalue weighted by molar-refractivity contribution is 5.58. The molecule has 0 fully saturated rings. The molecule has 0 N–H and O–H groups in total. The number of hydrogen-bond acceptors (Lipinski definition) is 4. The van der Waals surface area contributed by atoms with Crippen LogP contribution in [-0.2, 0) is 6.54 Å². The summed E-state index contributed by atoms with van der Waals surface area (Å²) in [5.41, 5.74) is 6.33. The van der Waals surface area contributed by atoms with Gasteiger partial charge in [0.05, 0.1) is 6.54 Å². The van der Waals surface area contributed by atoms with Gasteiger partial charge in [0.25, 0.3) is 5.89 Å². The van der Waals surface area contributed by atoms with Crippen LogP contribution >= 0.6 is 0 Å². The quantitative estimate of drug-likeness (QED) is 0.544. The van der Waals surface area contributed by atoms with E-state index in [4.69, 9.17) is 4.52 Å². The second kappa shape index (κ2) is 6.59. The third-order valence-electron chi connectivity index (χ3n) is 4.39. The van der Waals surface area contributed by atoms with E-state index in [1.807, 2.05) is 41.9 Å². The lowest BCUT2D eigenvalue weighted by molar-refractivity contribution is 0.430. The summed E-state index contributed by atoms with van der Waals surface area (Å²) in [6.45, 7) is 6.88. The fourth-order valence-electron chi connectivity index (χ4n) is 2.79. The van der Waals surface area contributed by atoms with E-state index in [1.54, 1.807) is 0 Å². The molecule has 0 saturated carbocycles. The topological polar surface area (TPSA) is 56.7 Å². The molecule has 0 unspecified atom stereocenters. The summed E-state index contributed by atoms with van der Waals surface area (Å²) in [6, 6.07) is 18.5. The monoisotopic (exact) mass is 344 g/mol. The number of aryl methyl sites for hydroxylation is 3. The molecule has 0 atom stereocenters. The van der Waals surface area contributed by atoms with Gasteiger partial charge in [-0.15, -0.1) is 0 Å². The SMILES string of the molecule is Cc1ccc(Cn2nc(-c3nc(-c4ccc(C)cc4)no3)cc2C)cc1. The Labute approximate surface area is 152 Å². The molecular formula is C21H20N4O. The summed E-state index contributed by atoms with van der Waals surface area (Å²) >= 11 is 0. The Morgan fingerprint density at radius 2 is 1.54 bits per heavy atom. The van der Waals surface area contributed by atoms with E-state index >= 15 is 0 Å². The van der Waals surface area contributed by atoms with Gasteiger partial charge in [-0.05, 0) is 32.4 Å². The highest BCUT2D eigenvalue weighted by Crippen LogP contribution is 2.22. The second-order valence-corrected chi connectivity index (χ2v) is 6.60. The molecule has 0 aliphatic carbocycles. The zero-order chi connectivity index (χ0) is 18.1. The molecule has 4 aromatic rings. The van der Waals surface area contributed by atoms with E-state index in [1.165, 1.54) is 16.7 Å². The summed E-state index contributed by atoms with van der Waals surface area (Å²) in [5, 5.41) is 8.73. The molecule has 2 heterocycles. The van der Waals surface area contributed by atoms with Crippen LogP contribution in [0.2, 0.25) is 0 Å². The molecule has 26 heavy (non-hydrogen) atoms. The minimum atomic E-state index is 0.436. The Balaban J connectivity index is 1.59. The lowest BCUT2D eigenvalue weighted by atomic mass is 10.1. The maximum atomic E-state index is 5.43. The largest absolute Gasteiger partial charge is 0.332 e. The number of rotatable bonds is 4. The minimum Gasteiger partial charge on any atom is -0.332 e. The Morgan fingerprint density at radius 1 is 0.885 bits per heavy atom. The van der Waals surface area contributed by atoms with Crippen molar-refractivity contribution in [1.29, 1.82) is 0 Å². The first-order valence-corrected chi connectivity index (χ1v) is 8.59. The molecule has 2 aromatic carbocycles. The van der Waals surface area contributed by atoms with Gasteiger partial charge in [-0.25, -0.2) is 0 Å². The number of benzene rings is 2. The van der Waals surface area contributed by atoms with E-state index in [2.05, 4.69) is 53.4 Å². The maximum Gasteiger partial charge on any atom is 0.278 e. The molecule has 5 nitrogen and oxygen atoms in total. The summed E-state index contributed by atoms with van der Waals surface area (Å²) in [7, 11) is 0. The number of nitrogens with zero attached hydrogens (tertiary/aromatic N) is 4. The first-order chi connectivity index (χ1) is 12.6. The van der Waals surface area contributed by atoms with E-state index < -0.39 is 0 Å². The molecule has 130 valence electrons. The van der Waals surface area contributed by atoms with Crippen molar-refractivity contribution in [3.63, 3.8) is 0 Å². The maximum absolute atomic E-state index is 5.43. The zero-order valence-electron chi connectivity index (χ0n) is 15.1. The van der Waals surface area contributed by atoms with Gasteiger partial charge in [0.15, 0.2) is 5.69 Å². The average molecular weight is 344 g/mol. The lowest BCUT2D eigenvalue weighted by Crippen LogP contribution is -2.03. The van der Waals surface area contributed by atoms with Crippen molar-refractivity contribution in [2.45, 2.75) is 27.3 Å². The Morgan fingerprint density at radius 3 is 2.23 bits per heavy atom. The van der Waals surface area contributed by atoms with Crippen molar-refractivity contribution < 1.29 is 4.52 Å². The molecule has 0 aliphatic heterocycles. The molecule has 0 spiro atoms. The summed E-state index contributed by atoms with van der Waals surface area (Å²) in [5.74, 6) is 1.01. The average Bonchev–Trinajstić information content (AvgIpc) is 3.25. The van der Waals surface area contributed by atoms with E-state index in [9.17, 15) is 0 Å². The Hall–Kier alpha value is -3.21. The van der Waals surface area contributed by atoms with Crippen LogP contribution in [0.25, 0.3) is 23.0 Å². The summed E-state index contributed by atoms with van der Waals surface area (Å²) in [6.07, 6.45) is 0. The van der Waals surface area contributed by atoms with Crippen molar-refractivity contribution in [3.8, 4) is 23.0 Å². The third-order valence-corrected chi connectivity index (χ3v) is 4.39. The first kappa shape index (κ1) is 16.3. The predicted molar refractivity (Wildman–Crippen MR) is 101 cm³/mol. The van der Waals surface area contributed by atoms with Crippen LogP contribution in [0, 0.1) is 20.8 Å². The molecule has 0 radical (unpaired) electrons. The van der Waals surface area contributed by atoms with Gasteiger partial charge in [-0.3, -0.25) is 4.68 Å². The molecular weight excluding hydrogens is 324 g/mol. The van der Waals surface area contributed by atoms with Crippen LogP contribution in [0.4, 0.5) is 0 Å². The van der Waals surface area contributed by atoms with Gasteiger partial charge in [0.2, 0.25) is 5.82 Å². The minimum absolute atomic E-state index is 0.436. The highest BCUT2D eigenvalue weighted by Gasteiger charge is 2.15. The van der Waals surface area contributed by atoms with Crippen molar-refractivity contribution in [1.82, 2.24) is 19.9 Å². The standard InChI is InChI=1S/C21H20N4O/c1-14-4-8-17(9-5-14)13-25-16(3)12-19(23-25)21-22-20(24-26-21)18-10-6-15(2)7-11-18/h4-12H,13H2,1-3H3. The van der Waals surface area contributed by atoms with Gasteiger partial charge in [-0.1, -0.05) is 64.8 Å². The van der Waals surface area contributed by atoms with Gasteiger partial charge in [0.1, 0.15) is 0 Å². The first-order valence-electron chi connectivity index (χ1n) is 8.59. The van der Waals surface area contributed by atoms with Gasteiger partial charge >= 0.3 is 0 Å². The van der Waals surface area contributed by atoms with Crippen LogP contribution in [-0.4, -0.2) is 19.9 Å². The van der Waals surface area contributed by atoms with Crippen molar-refractivity contribution in [3.05, 3.63) is 77.0 Å². The number of hydrogen-bond donors (Lipinski definition) is 0. The smallest absolute Gasteiger partial charge is 0.278 e. The van der Waals surface area contributed by atoms with E-state index in [0.717, 1.165) is 11.3 Å². The summed E-state index contributed by atoms with van der Waals surface area (Å²) < 4.78 is 7.39. The zero-order valence-corrected chi connectivity index (χ0v) is 15.1. The van der Waals surface area contributed by atoms with Crippen molar-refractivity contribution in [2.75, 3.05) is 0 Å². The molecule has 4 rings (SSSR count). The van der Waals surface area contributed by atoms with Crippen molar-refractivity contribution >= 4 is 0 Å².